The zero-order valence-electron chi connectivity index (χ0n) is 13.1. The van der Waals surface area contributed by atoms with Gasteiger partial charge in [-0.15, -0.1) is 16.4 Å². The monoisotopic (exact) mass is 343 g/mol. The fraction of sp³-hybridized carbons (Fsp3) is 0.267. The molecule has 124 valence electrons. The molecule has 0 spiro atoms. The highest BCUT2D eigenvalue weighted by Gasteiger charge is 2.04. The number of amides is 2. The van der Waals surface area contributed by atoms with E-state index in [-0.39, 0.29) is 6.03 Å². The number of nitrogens with one attached hydrogen (secondary N) is 2. The maximum atomic E-state index is 11.9. The summed E-state index contributed by atoms with van der Waals surface area (Å²) >= 11 is 1.69. The van der Waals surface area contributed by atoms with Crippen LogP contribution in [0.1, 0.15) is 16.8 Å². The highest BCUT2D eigenvalue weighted by Crippen LogP contribution is 2.14. The smallest absolute Gasteiger partial charge is 0.319 e. The van der Waals surface area contributed by atoms with Crippen LogP contribution in [0.15, 0.2) is 36.8 Å². The van der Waals surface area contributed by atoms with Crippen molar-refractivity contribution in [1.82, 2.24) is 30.5 Å². The van der Waals surface area contributed by atoms with E-state index in [1.54, 1.807) is 28.2 Å². The van der Waals surface area contributed by atoms with Gasteiger partial charge in [-0.25, -0.2) is 14.5 Å². The van der Waals surface area contributed by atoms with Crippen molar-refractivity contribution < 1.29 is 4.79 Å². The molecule has 2 amide bonds. The lowest BCUT2D eigenvalue weighted by atomic mass is 10.3. The standard InChI is InChI=1S/C15H17N7OS/c1-2-13-9-17-14(24-13)7-8-16-15(23)19-11-3-5-12(6-4-11)22-10-18-20-21-22/h3-6,9-10H,2,7-8H2,1H3,(H2,16,19,23). The van der Waals surface area contributed by atoms with Gasteiger partial charge < -0.3 is 10.6 Å². The number of thiazole rings is 1. The van der Waals surface area contributed by atoms with Crippen LogP contribution in [-0.2, 0) is 12.8 Å². The molecule has 0 radical (unpaired) electrons. The lowest BCUT2D eigenvalue weighted by Gasteiger charge is -2.07. The van der Waals surface area contributed by atoms with Crippen LogP contribution in [0.2, 0.25) is 0 Å². The summed E-state index contributed by atoms with van der Waals surface area (Å²) in [6, 6.07) is 7.01. The van der Waals surface area contributed by atoms with Crippen molar-refractivity contribution in [1.29, 1.82) is 0 Å². The lowest BCUT2D eigenvalue weighted by Crippen LogP contribution is -2.30. The van der Waals surface area contributed by atoms with Crippen molar-refractivity contribution in [3.8, 4) is 5.69 Å². The lowest BCUT2D eigenvalue weighted by molar-refractivity contribution is 0.252. The minimum absolute atomic E-state index is 0.238. The maximum Gasteiger partial charge on any atom is 0.319 e. The normalized spacial score (nSPS) is 10.5. The van der Waals surface area contributed by atoms with Gasteiger partial charge >= 0.3 is 6.03 Å². The Hall–Kier alpha value is -2.81. The molecule has 0 aliphatic carbocycles. The van der Waals surface area contributed by atoms with Gasteiger partial charge in [0.2, 0.25) is 0 Å². The Labute approximate surface area is 142 Å². The molecule has 3 rings (SSSR count). The van der Waals surface area contributed by atoms with E-state index in [2.05, 4.69) is 38.1 Å². The molecule has 2 heterocycles. The molecule has 0 fully saturated rings. The maximum absolute atomic E-state index is 11.9. The molecule has 0 atom stereocenters. The van der Waals surface area contributed by atoms with Crippen molar-refractivity contribution in [3.05, 3.63) is 46.7 Å². The number of anilines is 1. The van der Waals surface area contributed by atoms with Crippen LogP contribution in [0.3, 0.4) is 0 Å². The molecule has 2 aromatic heterocycles. The van der Waals surface area contributed by atoms with E-state index in [0.29, 0.717) is 12.2 Å². The number of tetrazole rings is 1. The zero-order chi connectivity index (χ0) is 16.8. The molecule has 0 aliphatic heterocycles. The number of carbonyl (C=O) groups excluding carboxylic acids is 1. The number of benzene rings is 1. The topological polar surface area (TPSA) is 97.6 Å². The first-order valence-electron chi connectivity index (χ1n) is 7.56. The Morgan fingerprint density at radius 2 is 2.12 bits per heavy atom. The van der Waals surface area contributed by atoms with Crippen LogP contribution in [0.4, 0.5) is 10.5 Å². The van der Waals surface area contributed by atoms with Crippen molar-refractivity contribution in [2.45, 2.75) is 19.8 Å². The molecule has 3 aromatic rings. The summed E-state index contributed by atoms with van der Waals surface area (Å²) in [6.45, 7) is 2.65. The summed E-state index contributed by atoms with van der Waals surface area (Å²) < 4.78 is 1.54. The molecule has 0 aliphatic rings. The molecule has 0 bridgehead atoms. The van der Waals surface area contributed by atoms with Crippen LogP contribution >= 0.6 is 11.3 Å². The highest BCUT2D eigenvalue weighted by molar-refractivity contribution is 7.11. The highest BCUT2D eigenvalue weighted by atomic mass is 32.1. The quantitative estimate of drug-likeness (QED) is 0.714. The fourth-order valence-corrected chi connectivity index (χ4v) is 2.92. The van der Waals surface area contributed by atoms with Gasteiger partial charge in [0.15, 0.2) is 0 Å². The number of aromatic nitrogens is 5. The van der Waals surface area contributed by atoms with Crippen LogP contribution in [-0.4, -0.2) is 37.8 Å². The van der Waals surface area contributed by atoms with Crippen molar-refractivity contribution >= 4 is 23.1 Å². The first kappa shape index (κ1) is 16.1. The average Bonchev–Trinajstić information content (AvgIpc) is 3.27. The zero-order valence-corrected chi connectivity index (χ0v) is 14.0. The summed E-state index contributed by atoms with van der Waals surface area (Å²) in [5.41, 5.74) is 1.52. The van der Waals surface area contributed by atoms with Crippen molar-refractivity contribution in [3.63, 3.8) is 0 Å². The van der Waals surface area contributed by atoms with Crippen LogP contribution < -0.4 is 10.6 Å². The van der Waals surface area contributed by atoms with Crippen LogP contribution in [0.5, 0.6) is 0 Å². The second kappa shape index (κ2) is 7.64. The Morgan fingerprint density at radius 3 is 2.79 bits per heavy atom. The predicted octanol–water partition coefficient (Wildman–Crippen LogP) is 2.05. The number of nitrogens with zero attached hydrogens (tertiary/aromatic N) is 5. The largest absolute Gasteiger partial charge is 0.337 e. The van der Waals surface area contributed by atoms with E-state index >= 15 is 0 Å². The van der Waals surface area contributed by atoms with Gasteiger partial charge in [0.25, 0.3) is 0 Å². The molecule has 0 saturated heterocycles. The van der Waals surface area contributed by atoms with Gasteiger partial charge in [0.1, 0.15) is 6.33 Å². The third-order valence-electron chi connectivity index (χ3n) is 3.31. The molecule has 1 aromatic carbocycles. The number of carbonyl (C=O) groups is 1. The number of hydrogen-bond acceptors (Lipinski definition) is 6. The third kappa shape index (κ3) is 4.13. The van der Waals surface area contributed by atoms with E-state index in [0.717, 1.165) is 23.5 Å². The first-order valence-corrected chi connectivity index (χ1v) is 8.38. The average molecular weight is 343 g/mol. The Morgan fingerprint density at radius 1 is 1.29 bits per heavy atom. The Kier molecular flexibility index (Phi) is 5.12. The SMILES string of the molecule is CCc1cnc(CCNC(=O)Nc2ccc(-n3cnnn3)cc2)s1. The number of rotatable bonds is 6. The molecule has 24 heavy (non-hydrogen) atoms. The number of urea groups is 1. The van der Waals surface area contributed by atoms with Gasteiger partial charge in [-0.1, -0.05) is 6.92 Å². The summed E-state index contributed by atoms with van der Waals surface area (Å²) in [7, 11) is 0. The van der Waals surface area contributed by atoms with E-state index in [1.165, 1.54) is 11.2 Å². The molecular weight excluding hydrogens is 326 g/mol. The minimum atomic E-state index is -0.238. The van der Waals surface area contributed by atoms with E-state index in [9.17, 15) is 4.79 Å². The first-order chi connectivity index (χ1) is 11.7. The summed E-state index contributed by atoms with van der Waals surface area (Å²) in [6.07, 6.45) is 5.13. The van der Waals surface area contributed by atoms with Crippen LogP contribution in [0, 0.1) is 0 Å². The van der Waals surface area contributed by atoms with Crippen molar-refractivity contribution in [2.75, 3.05) is 11.9 Å². The molecule has 8 nitrogen and oxygen atoms in total. The Bertz CT molecular complexity index is 783. The van der Waals surface area contributed by atoms with E-state index in [1.807, 2.05) is 18.3 Å². The molecular formula is C15H17N7OS. The third-order valence-corrected chi connectivity index (χ3v) is 4.51. The van der Waals surface area contributed by atoms with Crippen molar-refractivity contribution in [2.24, 2.45) is 0 Å². The second-order valence-electron chi connectivity index (χ2n) is 5.01. The molecule has 0 saturated carbocycles. The summed E-state index contributed by atoms with van der Waals surface area (Å²) in [5.74, 6) is 0. The summed E-state index contributed by atoms with van der Waals surface area (Å²) in [5, 5.41) is 17.6. The number of hydrogen-bond donors (Lipinski definition) is 2. The number of aryl methyl sites for hydroxylation is 1. The molecule has 0 unspecified atom stereocenters. The van der Waals surface area contributed by atoms with Crippen LogP contribution in [0.25, 0.3) is 5.69 Å². The summed E-state index contributed by atoms with van der Waals surface area (Å²) in [4.78, 5) is 17.5. The van der Waals surface area contributed by atoms with E-state index < -0.39 is 0 Å². The van der Waals surface area contributed by atoms with Gasteiger partial charge in [0.05, 0.1) is 10.7 Å². The molecule has 2 N–H and O–H groups in total. The van der Waals surface area contributed by atoms with Gasteiger partial charge in [-0.3, -0.25) is 0 Å². The second-order valence-corrected chi connectivity index (χ2v) is 6.21. The predicted molar refractivity (Wildman–Crippen MR) is 91.4 cm³/mol. The minimum Gasteiger partial charge on any atom is -0.337 e. The Balaban J connectivity index is 1.46. The fourth-order valence-electron chi connectivity index (χ4n) is 2.06. The van der Waals surface area contributed by atoms with Gasteiger partial charge in [0, 0.05) is 29.7 Å². The van der Waals surface area contributed by atoms with E-state index in [4.69, 9.17) is 0 Å². The molecule has 9 heteroatoms. The van der Waals surface area contributed by atoms with Gasteiger partial charge in [-0.05, 0) is 41.1 Å². The van der Waals surface area contributed by atoms with Gasteiger partial charge in [-0.2, -0.15) is 0 Å².